The standard InChI is InChI=1S/C12H18N4O2S/c1-12(2,16-19(3,17)18)8-13-11-14-9-6-4-5-7-10(9)15-11/h4-7,16H,8H2,1-3H3,(H2,13,14,15). The lowest BCUT2D eigenvalue weighted by atomic mass is 10.1. The van der Waals surface area contributed by atoms with E-state index in [1.165, 1.54) is 0 Å². The van der Waals surface area contributed by atoms with Crippen LogP contribution in [-0.4, -0.2) is 36.7 Å². The minimum absolute atomic E-state index is 0.430. The zero-order valence-electron chi connectivity index (χ0n) is 11.2. The fourth-order valence-electron chi connectivity index (χ4n) is 1.88. The summed E-state index contributed by atoms with van der Waals surface area (Å²) in [7, 11) is -3.23. The van der Waals surface area contributed by atoms with E-state index in [2.05, 4.69) is 20.0 Å². The van der Waals surface area contributed by atoms with Gasteiger partial charge in [-0.15, -0.1) is 0 Å². The number of benzene rings is 1. The number of fused-ring (bicyclic) bond motifs is 1. The van der Waals surface area contributed by atoms with Crippen molar-refractivity contribution in [1.82, 2.24) is 14.7 Å². The average molecular weight is 282 g/mol. The Morgan fingerprint density at radius 1 is 1.32 bits per heavy atom. The van der Waals surface area contributed by atoms with Gasteiger partial charge in [0, 0.05) is 12.1 Å². The van der Waals surface area contributed by atoms with Crippen LogP contribution >= 0.6 is 0 Å². The van der Waals surface area contributed by atoms with E-state index in [0.717, 1.165) is 17.3 Å². The first-order valence-corrected chi connectivity index (χ1v) is 7.82. The lowest BCUT2D eigenvalue weighted by molar-refractivity contribution is 0.475. The van der Waals surface area contributed by atoms with E-state index >= 15 is 0 Å². The number of anilines is 1. The summed E-state index contributed by atoms with van der Waals surface area (Å²) in [5, 5.41) is 3.10. The number of hydrogen-bond acceptors (Lipinski definition) is 4. The minimum atomic E-state index is -3.23. The molecule has 2 aromatic rings. The molecule has 0 aliphatic rings. The van der Waals surface area contributed by atoms with E-state index in [9.17, 15) is 8.42 Å². The summed E-state index contributed by atoms with van der Waals surface area (Å²) in [6.07, 6.45) is 1.15. The smallest absolute Gasteiger partial charge is 0.209 e. The van der Waals surface area contributed by atoms with Crippen LogP contribution in [0.25, 0.3) is 11.0 Å². The van der Waals surface area contributed by atoms with E-state index < -0.39 is 15.6 Å². The van der Waals surface area contributed by atoms with Crippen molar-refractivity contribution in [3.05, 3.63) is 24.3 Å². The van der Waals surface area contributed by atoms with Gasteiger partial charge in [0.2, 0.25) is 16.0 Å². The topological polar surface area (TPSA) is 86.9 Å². The molecule has 6 nitrogen and oxygen atoms in total. The molecule has 1 heterocycles. The predicted octanol–water partition coefficient (Wildman–Crippen LogP) is 1.30. The Kier molecular flexibility index (Phi) is 3.51. The highest BCUT2D eigenvalue weighted by Crippen LogP contribution is 2.14. The second kappa shape index (κ2) is 4.82. The molecule has 1 aromatic heterocycles. The van der Waals surface area contributed by atoms with Crippen LogP contribution in [-0.2, 0) is 10.0 Å². The third-order valence-corrected chi connectivity index (χ3v) is 3.47. The molecule has 0 unspecified atom stereocenters. The van der Waals surface area contributed by atoms with Crippen LogP contribution in [0.3, 0.4) is 0 Å². The van der Waals surface area contributed by atoms with Crippen molar-refractivity contribution < 1.29 is 8.42 Å². The average Bonchev–Trinajstić information content (AvgIpc) is 2.66. The maximum atomic E-state index is 11.2. The first-order chi connectivity index (χ1) is 8.75. The normalized spacial score (nSPS) is 12.8. The molecule has 0 fully saturated rings. The number of imidazole rings is 1. The minimum Gasteiger partial charge on any atom is -0.354 e. The Labute approximate surface area is 112 Å². The molecule has 0 aliphatic heterocycles. The van der Waals surface area contributed by atoms with E-state index in [0.29, 0.717) is 12.5 Å². The summed E-state index contributed by atoms with van der Waals surface area (Å²) in [4.78, 5) is 7.50. The van der Waals surface area contributed by atoms with E-state index in [4.69, 9.17) is 0 Å². The van der Waals surface area contributed by atoms with E-state index in [1.54, 1.807) is 0 Å². The fourth-order valence-corrected chi connectivity index (χ4v) is 2.96. The van der Waals surface area contributed by atoms with E-state index in [1.807, 2.05) is 38.1 Å². The number of nitrogens with one attached hydrogen (secondary N) is 3. The van der Waals surface area contributed by atoms with Gasteiger partial charge in [0.1, 0.15) is 0 Å². The lowest BCUT2D eigenvalue weighted by Gasteiger charge is -2.25. The molecule has 0 saturated heterocycles. The molecule has 0 atom stereocenters. The second-order valence-corrected chi connectivity index (χ2v) is 6.96. The van der Waals surface area contributed by atoms with Gasteiger partial charge < -0.3 is 10.3 Å². The first-order valence-electron chi connectivity index (χ1n) is 5.93. The van der Waals surface area contributed by atoms with Crippen LogP contribution in [0, 0.1) is 0 Å². The summed E-state index contributed by atoms with van der Waals surface area (Å²) in [6.45, 7) is 4.05. The van der Waals surface area contributed by atoms with Crippen LogP contribution in [0.1, 0.15) is 13.8 Å². The van der Waals surface area contributed by atoms with Crippen molar-refractivity contribution in [3.63, 3.8) is 0 Å². The Bertz CT molecular complexity index is 643. The summed E-state index contributed by atoms with van der Waals surface area (Å²) in [5.41, 5.74) is 1.23. The van der Waals surface area contributed by atoms with Gasteiger partial charge in [0.05, 0.1) is 17.3 Å². The molecule has 3 N–H and O–H groups in total. The third-order valence-electron chi connectivity index (χ3n) is 2.55. The van der Waals surface area contributed by atoms with Crippen molar-refractivity contribution in [2.45, 2.75) is 19.4 Å². The molecular weight excluding hydrogens is 264 g/mol. The second-order valence-electron chi connectivity index (χ2n) is 5.21. The maximum Gasteiger partial charge on any atom is 0.209 e. The fraction of sp³-hybridized carbons (Fsp3) is 0.417. The lowest BCUT2D eigenvalue weighted by Crippen LogP contribution is -2.47. The number of rotatable bonds is 5. The van der Waals surface area contributed by atoms with E-state index in [-0.39, 0.29) is 0 Å². The Balaban J connectivity index is 2.05. The Hall–Kier alpha value is -1.60. The summed E-state index contributed by atoms with van der Waals surface area (Å²) >= 11 is 0. The van der Waals surface area contributed by atoms with Crippen molar-refractivity contribution >= 4 is 27.0 Å². The van der Waals surface area contributed by atoms with Crippen molar-refractivity contribution in [1.29, 1.82) is 0 Å². The number of aromatic amines is 1. The molecule has 7 heteroatoms. The highest BCUT2D eigenvalue weighted by Gasteiger charge is 2.22. The molecule has 0 spiro atoms. The zero-order valence-corrected chi connectivity index (χ0v) is 12.0. The number of sulfonamides is 1. The summed E-state index contributed by atoms with van der Waals surface area (Å²) < 4.78 is 25.0. The summed E-state index contributed by atoms with van der Waals surface area (Å²) in [5.74, 6) is 0.629. The number of hydrogen-bond donors (Lipinski definition) is 3. The maximum absolute atomic E-state index is 11.2. The molecule has 1 aromatic carbocycles. The molecule has 0 aliphatic carbocycles. The van der Waals surface area contributed by atoms with Gasteiger partial charge in [-0.2, -0.15) is 0 Å². The number of nitrogens with zero attached hydrogens (tertiary/aromatic N) is 1. The van der Waals surface area contributed by atoms with Crippen molar-refractivity contribution in [2.24, 2.45) is 0 Å². The Morgan fingerprint density at radius 3 is 2.63 bits per heavy atom. The van der Waals surface area contributed by atoms with Crippen LogP contribution < -0.4 is 10.0 Å². The monoisotopic (exact) mass is 282 g/mol. The highest BCUT2D eigenvalue weighted by molar-refractivity contribution is 7.88. The number of para-hydroxylation sites is 2. The van der Waals surface area contributed by atoms with Crippen molar-refractivity contribution in [2.75, 3.05) is 18.1 Å². The predicted molar refractivity (Wildman–Crippen MR) is 76.6 cm³/mol. The molecule has 0 amide bonds. The summed E-state index contributed by atoms with van der Waals surface area (Å²) in [6, 6.07) is 7.70. The van der Waals surface area contributed by atoms with Crippen LogP contribution in [0.2, 0.25) is 0 Å². The molecule has 0 bridgehead atoms. The molecular formula is C12H18N4O2S. The quantitative estimate of drug-likeness (QED) is 0.771. The van der Waals surface area contributed by atoms with Gasteiger partial charge >= 0.3 is 0 Å². The van der Waals surface area contributed by atoms with Gasteiger partial charge in [-0.05, 0) is 26.0 Å². The van der Waals surface area contributed by atoms with Crippen LogP contribution in [0.4, 0.5) is 5.95 Å². The SMILES string of the molecule is CC(C)(CNc1nc2ccccc2[nH]1)NS(C)(=O)=O. The number of H-pyrrole nitrogens is 1. The molecule has 19 heavy (non-hydrogen) atoms. The number of aromatic nitrogens is 2. The Morgan fingerprint density at radius 2 is 2.00 bits per heavy atom. The zero-order chi connectivity index (χ0) is 14.1. The largest absolute Gasteiger partial charge is 0.354 e. The highest BCUT2D eigenvalue weighted by atomic mass is 32.2. The van der Waals surface area contributed by atoms with Crippen LogP contribution in [0.15, 0.2) is 24.3 Å². The van der Waals surface area contributed by atoms with Gasteiger partial charge in [0.25, 0.3) is 0 Å². The third kappa shape index (κ3) is 3.93. The van der Waals surface area contributed by atoms with Crippen molar-refractivity contribution in [3.8, 4) is 0 Å². The van der Waals surface area contributed by atoms with Crippen LogP contribution in [0.5, 0.6) is 0 Å². The molecule has 0 radical (unpaired) electrons. The first kappa shape index (κ1) is 13.8. The molecule has 0 saturated carbocycles. The molecule has 2 rings (SSSR count). The van der Waals surface area contributed by atoms with Gasteiger partial charge in [0.15, 0.2) is 0 Å². The van der Waals surface area contributed by atoms with Gasteiger partial charge in [-0.1, -0.05) is 12.1 Å². The molecule has 104 valence electrons. The van der Waals surface area contributed by atoms with Gasteiger partial charge in [-0.3, -0.25) is 0 Å². The van der Waals surface area contributed by atoms with Gasteiger partial charge in [-0.25, -0.2) is 18.1 Å².